The number of nitrogens with zero attached hydrogens (tertiary/aromatic N) is 2. The van der Waals surface area contributed by atoms with Gasteiger partial charge >= 0.3 is 0 Å². The van der Waals surface area contributed by atoms with Crippen LogP contribution < -0.4 is 10.6 Å². The predicted molar refractivity (Wildman–Crippen MR) is 83.9 cm³/mol. The first-order chi connectivity index (χ1) is 9.06. The van der Waals surface area contributed by atoms with E-state index in [0.29, 0.717) is 18.5 Å². The van der Waals surface area contributed by atoms with Gasteiger partial charge in [0.25, 0.3) is 0 Å². The molecule has 1 fully saturated rings. The SMILES string of the molecule is CCC(C)c1nc(N(CC2CC2)C(C)C)sc1CN. The molecule has 1 aliphatic carbocycles. The summed E-state index contributed by atoms with van der Waals surface area (Å²) in [4.78, 5) is 8.65. The molecule has 0 saturated heterocycles. The first-order valence-corrected chi connectivity index (χ1v) is 8.34. The first-order valence-electron chi connectivity index (χ1n) is 7.53. The van der Waals surface area contributed by atoms with Gasteiger partial charge in [-0.25, -0.2) is 4.98 Å². The van der Waals surface area contributed by atoms with Gasteiger partial charge in [0.15, 0.2) is 5.13 Å². The minimum absolute atomic E-state index is 0.512. The van der Waals surface area contributed by atoms with Crippen LogP contribution in [0.5, 0.6) is 0 Å². The van der Waals surface area contributed by atoms with Gasteiger partial charge in [0.1, 0.15) is 0 Å². The summed E-state index contributed by atoms with van der Waals surface area (Å²) in [6.07, 6.45) is 3.90. The number of thiazole rings is 1. The zero-order valence-corrected chi connectivity index (χ0v) is 13.5. The third-order valence-electron chi connectivity index (χ3n) is 4.00. The van der Waals surface area contributed by atoms with E-state index in [0.717, 1.165) is 18.9 Å². The summed E-state index contributed by atoms with van der Waals surface area (Å²) < 4.78 is 0. The molecule has 19 heavy (non-hydrogen) atoms. The van der Waals surface area contributed by atoms with E-state index >= 15 is 0 Å². The van der Waals surface area contributed by atoms with Crippen molar-refractivity contribution in [3.8, 4) is 0 Å². The Bertz CT molecular complexity index is 410. The molecule has 1 aromatic heterocycles. The third-order valence-corrected chi connectivity index (χ3v) is 5.13. The Hall–Kier alpha value is -0.610. The highest BCUT2D eigenvalue weighted by molar-refractivity contribution is 7.15. The van der Waals surface area contributed by atoms with Gasteiger partial charge in [-0.1, -0.05) is 13.8 Å². The van der Waals surface area contributed by atoms with E-state index < -0.39 is 0 Å². The average Bonchev–Trinajstić information content (AvgIpc) is 3.12. The maximum atomic E-state index is 5.90. The largest absolute Gasteiger partial charge is 0.345 e. The smallest absolute Gasteiger partial charge is 0.186 e. The number of aromatic nitrogens is 1. The van der Waals surface area contributed by atoms with Crippen LogP contribution in [0.25, 0.3) is 0 Å². The van der Waals surface area contributed by atoms with Gasteiger partial charge in [-0.3, -0.25) is 0 Å². The van der Waals surface area contributed by atoms with E-state index in [9.17, 15) is 0 Å². The van der Waals surface area contributed by atoms with Gasteiger partial charge in [-0.2, -0.15) is 0 Å². The Morgan fingerprint density at radius 2 is 2.05 bits per heavy atom. The van der Waals surface area contributed by atoms with E-state index in [2.05, 4.69) is 32.6 Å². The zero-order valence-electron chi connectivity index (χ0n) is 12.6. The third kappa shape index (κ3) is 3.48. The Kier molecular flexibility index (Phi) is 4.85. The molecule has 0 radical (unpaired) electrons. The van der Waals surface area contributed by atoms with Crippen molar-refractivity contribution in [1.82, 2.24) is 4.98 Å². The van der Waals surface area contributed by atoms with Crippen LogP contribution in [0.15, 0.2) is 0 Å². The number of hydrogen-bond acceptors (Lipinski definition) is 4. The Morgan fingerprint density at radius 1 is 1.37 bits per heavy atom. The highest BCUT2D eigenvalue weighted by Gasteiger charge is 2.28. The monoisotopic (exact) mass is 281 g/mol. The molecule has 1 aromatic rings. The standard InChI is InChI=1S/C15H27N3S/c1-5-11(4)14-13(8-16)19-15(17-14)18(10(2)3)9-12-6-7-12/h10-12H,5-9,16H2,1-4H3. The van der Waals surface area contributed by atoms with Crippen molar-refractivity contribution in [3.05, 3.63) is 10.6 Å². The van der Waals surface area contributed by atoms with Crippen LogP contribution >= 0.6 is 11.3 Å². The molecule has 0 amide bonds. The van der Waals surface area contributed by atoms with Gasteiger partial charge in [-0.05, 0) is 44.9 Å². The van der Waals surface area contributed by atoms with E-state index in [1.807, 2.05) is 0 Å². The molecule has 1 heterocycles. The molecule has 3 nitrogen and oxygen atoms in total. The summed E-state index contributed by atoms with van der Waals surface area (Å²) in [5.74, 6) is 1.40. The summed E-state index contributed by atoms with van der Waals surface area (Å²) in [6, 6.07) is 0.516. The molecule has 0 aromatic carbocycles. The highest BCUT2D eigenvalue weighted by atomic mass is 32.1. The molecule has 0 spiro atoms. The van der Waals surface area contributed by atoms with E-state index in [-0.39, 0.29) is 0 Å². The van der Waals surface area contributed by atoms with Crippen LogP contribution in [0.1, 0.15) is 63.4 Å². The molecule has 1 aliphatic rings. The lowest BCUT2D eigenvalue weighted by atomic mass is 10.0. The lowest BCUT2D eigenvalue weighted by molar-refractivity contribution is 0.637. The maximum absolute atomic E-state index is 5.90. The van der Waals surface area contributed by atoms with E-state index in [1.165, 1.54) is 28.5 Å². The van der Waals surface area contributed by atoms with Crippen molar-refractivity contribution >= 4 is 16.5 Å². The Morgan fingerprint density at radius 3 is 2.53 bits per heavy atom. The Balaban J connectivity index is 2.23. The number of nitrogens with two attached hydrogens (primary N) is 1. The van der Waals surface area contributed by atoms with Gasteiger partial charge in [0.2, 0.25) is 0 Å². The second kappa shape index (κ2) is 6.23. The van der Waals surface area contributed by atoms with Crippen LogP contribution in [0.2, 0.25) is 0 Å². The van der Waals surface area contributed by atoms with Crippen molar-refractivity contribution in [1.29, 1.82) is 0 Å². The zero-order chi connectivity index (χ0) is 14.0. The number of rotatable bonds is 7. The van der Waals surface area contributed by atoms with Gasteiger partial charge in [0, 0.05) is 24.0 Å². The van der Waals surface area contributed by atoms with Crippen molar-refractivity contribution in [3.63, 3.8) is 0 Å². The fourth-order valence-electron chi connectivity index (χ4n) is 2.29. The molecule has 2 rings (SSSR count). The number of anilines is 1. The summed E-state index contributed by atoms with van der Waals surface area (Å²) in [5.41, 5.74) is 7.13. The summed E-state index contributed by atoms with van der Waals surface area (Å²) >= 11 is 1.80. The molecule has 4 heteroatoms. The van der Waals surface area contributed by atoms with Gasteiger partial charge in [-0.15, -0.1) is 11.3 Å². The van der Waals surface area contributed by atoms with Gasteiger partial charge < -0.3 is 10.6 Å². The second-order valence-corrected chi connectivity index (χ2v) is 7.07. The summed E-state index contributed by atoms with van der Waals surface area (Å²) in [6.45, 7) is 10.8. The lowest BCUT2D eigenvalue weighted by Gasteiger charge is -2.26. The first kappa shape index (κ1) is 14.8. The van der Waals surface area contributed by atoms with Crippen LogP contribution in [-0.2, 0) is 6.54 Å². The van der Waals surface area contributed by atoms with Gasteiger partial charge in [0.05, 0.1) is 5.69 Å². The average molecular weight is 281 g/mol. The molecule has 1 atom stereocenters. The van der Waals surface area contributed by atoms with Crippen molar-refractivity contribution in [2.75, 3.05) is 11.4 Å². The van der Waals surface area contributed by atoms with Crippen molar-refractivity contribution < 1.29 is 0 Å². The highest BCUT2D eigenvalue weighted by Crippen LogP contribution is 2.36. The predicted octanol–water partition coefficient (Wildman–Crippen LogP) is 3.74. The molecule has 1 unspecified atom stereocenters. The summed E-state index contributed by atoms with van der Waals surface area (Å²) in [5, 5.41) is 1.18. The normalized spacial score (nSPS) is 16.9. The van der Waals surface area contributed by atoms with Crippen molar-refractivity contribution in [2.24, 2.45) is 11.7 Å². The van der Waals surface area contributed by atoms with E-state index in [4.69, 9.17) is 10.7 Å². The Labute approximate surface area is 121 Å². The molecular formula is C15H27N3S. The van der Waals surface area contributed by atoms with Crippen LogP contribution in [0.4, 0.5) is 5.13 Å². The molecular weight excluding hydrogens is 254 g/mol. The quantitative estimate of drug-likeness (QED) is 0.828. The van der Waals surface area contributed by atoms with E-state index in [1.54, 1.807) is 11.3 Å². The molecule has 1 saturated carbocycles. The topological polar surface area (TPSA) is 42.2 Å². The summed E-state index contributed by atoms with van der Waals surface area (Å²) in [7, 11) is 0. The fourth-order valence-corrected chi connectivity index (χ4v) is 3.49. The minimum atomic E-state index is 0.512. The molecule has 108 valence electrons. The van der Waals surface area contributed by atoms with Crippen molar-refractivity contribution in [2.45, 2.75) is 65.5 Å². The molecule has 0 aliphatic heterocycles. The molecule has 2 N–H and O–H groups in total. The lowest BCUT2D eigenvalue weighted by Crippen LogP contribution is -2.32. The number of hydrogen-bond donors (Lipinski definition) is 1. The van der Waals surface area contributed by atoms with Crippen LogP contribution in [0, 0.1) is 5.92 Å². The second-order valence-electron chi connectivity index (χ2n) is 6.01. The van der Waals surface area contributed by atoms with Crippen LogP contribution in [0.3, 0.4) is 0 Å². The maximum Gasteiger partial charge on any atom is 0.186 e. The molecule has 0 bridgehead atoms. The minimum Gasteiger partial charge on any atom is -0.345 e. The van der Waals surface area contributed by atoms with Crippen LogP contribution in [-0.4, -0.2) is 17.6 Å². The fraction of sp³-hybridized carbons (Fsp3) is 0.800.